The van der Waals surface area contributed by atoms with Crippen molar-refractivity contribution < 1.29 is 79.6 Å². The number of rotatable bonds is 10. The molecule has 13 aromatic carbocycles. The third-order valence-electron chi connectivity index (χ3n) is 25.0. The molecular weight excluding hydrogens is 2090 g/mol. The molecule has 1 atom stereocenters. The predicted molar refractivity (Wildman–Crippen MR) is 562 cm³/mol. The largest absolute Gasteiger partial charge is 0.527 e. The monoisotopic (exact) mass is 2210 g/mol. The van der Waals surface area contributed by atoms with Crippen LogP contribution in [0.5, 0.6) is 5.75 Å². The molecule has 0 spiro atoms. The minimum absolute atomic E-state index is 0. The topological polar surface area (TPSA) is 126 Å². The summed E-state index contributed by atoms with van der Waals surface area (Å²) >= 11 is 0. The number of benzene rings is 13. The fourth-order valence-corrected chi connectivity index (χ4v) is 18.7. The summed E-state index contributed by atoms with van der Waals surface area (Å²) in [6.45, 7) is 24.3. The van der Waals surface area contributed by atoms with E-state index in [9.17, 15) is 4.79 Å². The molecule has 2 radical (unpaired) electrons. The van der Waals surface area contributed by atoms with Crippen molar-refractivity contribution in [3.05, 3.63) is 499 Å². The van der Waals surface area contributed by atoms with E-state index in [1.165, 1.54) is 130 Å². The number of aryl methyl sites for hydroxylation is 1. The molecule has 14 nitrogen and oxygen atoms in total. The molecule has 19 aromatic rings. The molecule has 0 bridgehead atoms. The van der Waals surface area contributed by atoms with Gasteiger partial charge in [-0.2, -0.15) is 9.13 Å². The van der Waals surface area contributed by atoms with Crippen LogP contribution in [0, 0.1) is 25.1 Å². The number of hydrogen-bond donors (Lipinski definition) is 1. The van der Waals surface area contributed by atoms with Gasteiger partial charge in [-0.15, -0.1) is 88.1 Å². The minimum Gasteiger partial charge on any atom is -0.527 e. The number of aromatic nitrogens is 9. The Hall–Kier alpha value is -15.5. The number of ether oxygens (including phenoxy) is 1. The Kier molecular flexibility index (Phi) is 27.2. The van der Waals surface area contributed by atoms with Crippen LogP contribution in [-0.4, -0.2) is 51.4 Å². The first-order valence-corrected chi connectivity index (χ1v) is 47.0. The minimum atomic E-state index is -0.411. The number of imidazole rings is 1. The summed E-state index contributed by atoms with van der Waals surface area (Å²) in [7, 11) is 0. The van der Waals surface area contributed by atoms with Gasteiger partial charge in [0.15, 0.2) is 18.5 Å². The van der Waals surface area contributed by atoms with E-state index in [0.29, 0.717) is 35.4 Å². The molecule has 0 amide bonds. The van der Waals surface area contributed by atoms with Crippen molar-refractivity contribution in [1.29, 1.82) is 0 Å². The fraction of sp³-hybridized carbons (Fsp3) is 0.136. The first-order valence-electron chi connectivity index (χ1n) is 51.0. The Morgan fingerprint density at radius 2 is 1.22 bits per heavy atom. The fourth-order valence-electron chi connectivity index (χ4n) is 18.7. The maximum atomic E-state index is 10.0. The van der Waals surface area contributed by atoms with Crippen LogP contribution < -0.4 is 23.5 Å². The summed E-state index contributed by atoms with van der Waals surface area (Å²) in [6, 6.07) is 107. The quantitative estimate of drug-likeness (QED) is 0.0468. The maximum Gasteiger partial charge on any atom is 0.294 e. The van der Waals surface area contributed by atoms with Gasteiger partial charge in [-0.25, -0.2) is 4.57 Å². The van der Waals surface area contributed by atoms with Crippen LogP contribution in [0.15, 0.2) is 431 Å². The molecule has 141 heavy (non-hydrogen) atoms. The molecule has 26 rings (SSSR count). The normalized spacial score (nSPS) is 14.1. The van der Waals surface area contributed by atoms with E-state index < -0.39 is 12.1 Å². The number of aliphatic hydroxyl groups excluding tert-OH is 1. The summed E-state index contributed by atoms with van der Waals surface area (Å²) in [5, 5.41) is 19.7. The number of nitrogens with zero attached hydrogens (tertiary/aromatic N) is 11. The summed E-state index contributed by atoms with van der Waals surface area (Å²) in [5.41, 5.74) is 29.0. The molecule has 1 N–H and O–H groups in total. The number of para-hydroxylation sites is 3. The first kappa shape index (κ1) is 87.0. The van der Waals surface area contributed by atoms with Crippen LogP contribution in [0.2, 0.25) is 0 Å². The van der Waals surface area contributed by atoms with Crippen LogP contribution in [0.25, 0.3) is 122 Å². The number of pyridine rings is 4. The molecule has 0 saturated heterocycles. The third-order valence-corrected chi connectivity index (χ3v) is 25.0. The van der Waals surface area contributed by atoms with Gasteiger partial charge in [-0.05, 0) is 161 Å². The summed E-state index contributed by atoms with van der Waals surface area (Å²) < 4.78 is 76.6. The van der Waals surface area contributed by atoms with Crippen molar-refractivity contribution in [1.82, 2.24) is 34.3 Å². The Morgan fingerprint density at radius 1 is 0.567 bits per heavy atom. The number of hydrogen-bond acceptors (Lipinski definition) is 9. The first-order chi connectivity index (χ1) is 71.2. The molecule has 7 aliphatic rings. The van der Waals surface area contributed by atoms with Gasteiger partial charge in [0.1, 0.15) is 44.7 Å². The maximum absolute atomic E-state index is 10.0. The molecule has 1 unspecified atom stereocenters. The van der Waals surface area contributed by atoms with Crippen LogP contribution in [0.1, 0.15) is 134 Å². The number of fused-ring (bicyclic) bond motifs is 16. The zero-order valence-electron chi connectivity index (χ0n) is 87.8. The van der Waals surface area contributed by atoms with Crippen molar-refractivity contribution >= 4 is 60.5 Å². The number of ketones is 1. The predicted octanol–water partition coefficient (Wildman–Crippen LogP) is 27.4. The molecule has 7 aliphatic heterocycles. The molecule has 16 heteroatoms. The van der Waals surface area contributed by atoms with Gasteiger partial charge < -0.3 is 24.6 Å². The van der Waals surface area contributed by atoms with Crippen molar-refractivity contribution in [2.45, 2.75) is 112 Å². The van der Waals surface area contributed by atoms with E-state index in [2.05, 4.69) is 361 Å². The van der Waals surface area contributed by atoms with Gasteiger partial charge in [0.25, 0.3) is 11.3 Å². The molecule has 13 heterocycles. The van der Waals surface area contributed by atoms with E-state index in [4.69, 9.17) is 30.9 Å². The van der Waals surface area contributed by atoms with Crippen LogP contribution in [-0.2, 0) is 71.1 Å². The van der Waals surface area contributed by atoms with Gasteiger partial charge in [-0.3, -0.25) is 14.8 Å². The zero-order valence-corrected chi connectivity index (χ0v) is 84.5. The average molecular weight is 2210 g/mol. The number of carbonyl (C=O) groups is 1. The second-order valence-corrected chi connectivity index (χ2v) is 35.6. The Labute approximate surface area is 863 Å². The van der Waals surface area contributed by atoms with Crippen LogP contribution >= 0.6 is 0 Å². The Bertz CT molecular complexity index is 8330. The third kappa shape index (κ3) is 21.1. The van der Waals surface area contributed by atoms with E-state index in [1.54, 1.807) is 12.4 Å². The van der Waals surface area contributed by atoms with Crippen molar-refractivity contribution in [3.8, 4) is 78.9 Å². The second kappa shape index (κ2) is 44.1. The van der Waals surface area contributed by atoms with Gasteiger partial charge >= 0.3 is 0 Å². The summed E-state index contributed by atoms with van der Waals surface area (Å²) in [5.74, 6) is 3.62. The van der Waals surface area contributed by atoms with Gasteiger partial charge in [-0.1, -0.05) is 283 Å². The molecule has 0 fully saturated rings. The van der Waals surface area contributed by atoms with Gasteiger partial charge in [0.05, 0.1) is 49.2 Å². The molecule has 700 valence electrons. The second-order valence-electron chi connectivity index (χ2n) is 35.6. The Balaban J connectivity index is 0.000000118. The molecule has 0 aliphatic carbocycles. The number of carbonyl (C=O) groups excluding carboxylic acids is 1. The van der Waals surface area contributed by atoms with Crippen molar-refractivity contribution in [3.63, 3.8) is 0 Å². The standard InChI is InChI=1S/C28H20N.C22H25N2.C18H16N3.C15H10NO.C14H12N2.C12H10N.C11H8N.C5H8O2.2Ir/c1-20-9-8-14-24(17-20)28-19-25(22-12-6-3-7-13-22)26-18-23(15-16-27(26)29-28)21-10-4-2-5-11-21;1-15(2)18-10-7-11-19(16(3)4)21(18)24-13-12-23-14-17-8-5-6-9-20(17)22(23)24;1-11(2)21-19-17-15-8-4-3-7-13(15)14-9-5-6-12-10-20(21)18(17)16(12)14;1-11-13(14-7-4-5-9-16-14)10-12-6-2-3-8-15(12)17-11;1-2-7-13-11(5-1)9-14-15-8-4-3-6-12(15)10-16(13)14;1-2-6-11-10(5-1)9-13-8-4-3-7-12(11)13;1-2-6-10(7-3-1)11-8-4-5-9-12-11;1-4(6)3-5(2)7;;/h2-16,18-19H,1H3;5-13,15-16H,14H2,1-4H3;3-9,11H,10H2,1-2H3;2-9H,1H2;1-8,10,14H,9H2;1-8H,9H2;1-6,8-9H;3,6H,1-2H3;;/q-1;2*+1;-1;;+1;-1;;;/i;;;;;1D,2D,3D,4D,5D,6D,7D,8D;;;;. The van der Waals surface area contributed by atoms with E-state index in [-0.39, 0.29) is 106 Å². The zero-order chi connectivity index (χ0) is 103. The SMILES string of the molecule is C1=CC2=CN3c4ccccc4CC3N2C=C1.C=C1Oc2ccccc2[C-]=C1c1ccccn1.CC(=O)C=C(C)O.CC(C)c1cccc(C(C)C)c1-n1cc[n+]2c1-c1ccccc1C2.CC(C)n1nc2c3ccccc3c3cccc4c3c2[n+]1C4.Cc1[c-]c(-c2cc(-c3ccccc3)c3cc(-c4ccccc4)ccc3n2)ccc1.[2H]c1c([2H])c([2H])c2c(c1[2H])C[n+]1c([2H])c([2H])c([2H])c([2H])c1-2.[Ir].[Ir].[c-]1ccccc1-c1ccccn1. The molecule has 6 aromatic heterocycles. The Morgan fingerprint density at radius 3 is 1.94 bits per heavy atom. The van der Waals surface area contributed by atoms with E-state index in [0.717, 1.165) is 86.6 Å². The number of anilines is 1. The summed E-state index contributed by atoms with van der Waals surface area (Å²) in [6.07, 6.45) is 24.5. The summed E-state index contributed by atoms with van der Waals surface area (Å²) in [4.78, 5) is 30.4. The molecule has 0 saturated carbocycles. The van der Waals surface area contributed by atoms with Gasteiger partial charge in [0.2, 0.25) is 11.2 Å². The van der Waals surface area contributed by atoms with Crippen molar-refractivity contribution in [2.75, 3.05) is 4.90 Å². The van der Waals surface area contributed by atoms with Gasteiger partial charge in [0, 0.05) is 150 Å². The number of allylic oxidation sites excluding steroid dienone is 6. The van der Waals surface area contributed by atoms with E-state index >= 15 is 0 Å². The molecular formula is C125H109Ir2N11O3. The smallest absolute Gasteiger partial charge is 0.294 e. The van der Waals surface area contributed by atoms with Crippen molar-refractivity contribution in [2.24, 2.45) is 0 Å². The van der Waals surface area contributed by atoms with Crippen LogP contribution in [0.3, 0.4) is 0 Å². The van der Waals surface area contributed by atoms with Crippen LogP contribution in [0.4, 0.5) is 5.69 Å². The number of aliphatic hydroxyl groups is 1. The van der Waals surface area contributed by atoms with E-state index in [1.807, 2.05) is 91.0 Å². The average Bonchev–Trinajstić information content (AvgIpc) is 1.53.